The molecule has 0 saturated carbocycles. The van der Waals surface area contributed by atoms with Gasteiger partial charge in [-0.15, -0.1) is 0 Å². The number of hydrogen-bond donors (Lipinski definition) is 1. The minimum absolute atomic E-state index is 0.0709. The first-order chi connectivity index (χ1) is 11.0. The Hall–Kier alpha value is -2.11. The first kappa shape index (κ1) is 17.2. The fourth-order valence-corrected chi connectivity index (χ4v) is 2.56. The van der Waals surface area contributed by atoms with E-state index in [9.17, 15) is 14.0 Å². The lowest BCUT2D eigenvalue weighted by Gasteiger charge is -2.35. The zero-order chi connectivity index (χ0) is 16.8. The summed E-state index contributed by atoms with van der Waals surface area (Å²) in [7, 11) is 0. The second kappa shape index (κ2) is 7.94. The lowest BCUT2D eigenvalue weighted by atomic mass is 10.1. The average Bonchev–Trinajstić information content (AvgIpc) is 2.53. The van der Waals surface area contributed by atoms with Crippen LogP contribution in [0.25, 0.3) is 0 Å². The highest BCUT2D eigenvalue weighted by molar-refractivity contribution is 5.78. The van der Waals surface area contributed by atoms with Crippen LogP contribution in [-0.2, 0) is 11.2 Å². The van der Waals surface area contributed by atoms with E-state index >= 15 is 0 Å². The van der Waals surface area contributed by atoms with Crippen molar-refractivity contribution >= 4 is 11.9 Å². The van der Waals surface area contributed by atoms with Gasteiger partial charge in [-0.25, -0.2) is 9.18 Å². The molecule has 1 N–H and O–H groups in total. The molecule has 5 nitrogen and oxygen atoms in total. The molecular formula is C17H24FN3O2. The molecule has 23 heavy (non-hydrogen) atoms. The molecule has 1 aliphatic rings. The average molecular weight is 321 g/mol. The number of urea groups is 1. The van der Waals surface area contributed by atoms with Crippen molar-refractivity contribution in [3.8, 4) is 0 Å². The molecule has 1 aromatic carbocycles. The van der Waals surface area contributed by atoms with E-state index in [-0.39, 0.29) is 23.8 Å². The molecule has 0 spiro atoms. The number of nitrogens with zero attached hydrogens (tertiary/aromatic N) is 2. The summed E-state index contributed by atoms with van der Waals surface area (Å²) in [6.45, 7) is 6.09. The standard InChI is InChI=1S/C17H24FN3O2/c1-13(2)19-17(23)21-11-9-20(10-12-21)16(22)8-5-14-3-6-15(18)7-4-14/h3-4,6-7,13H,5,8-12H2,1-2H3,(H,19,23). The van der Waals surface area contributed by atoms with Crippen molar-refractivity contribution < 1.29 is 14.0 Å². The maximum atomic E-state index is 12.8. The number of benzene rings is 1. The Morgan fingerprint density at radius 2 is 1.65 bits per heavy atom. The number of aryl methyl sites for hydroxylation is 1. The van der Waals surface area contributed by atoms with Crippen molar-refractivity contribution in [2.45, 2.75) is 32.7 Å². The first-order valence-corrected chi connectivity index (χ1v) is 8.03. The Morgan fingerprint density at radius 1 is 1.09 bits per heavy atom. The molecule has 1 heterocycles. The molecular weight excluding hydrogens is 297 g/mol. The van der Waals surface area contributed by atoms with Crippen LogP contribution in [0.3, 0.4) is 0 Å². The Balaban J connectivity index is 1.75. The third-order valence-electron chi connectivity index (χ3n) is 3.87. The predicted octanol–water partition coefficient (Wildman–Crippen LogP) is 2.02. The summed E-state index contributed by atoms with van der Waals surface area (Å²) in [4.78, 5) is 27.7. The van der Waals surface area contributed by atoms with Gasteiger partial charge in [0.15, 0.2) is 0 Å². The van der Waals surface area contributed by atoms with Gasteiger partial charge in [0.05, 0.1) is 0 Å². The third-order valence-corrected chi connectivity index (χ3v) is 3.87. The second-order valence-corrected chi connectivity index (χ2v) is 6.10. The van der Waals surface area contributed by atoms with Gasteiger partial charge in [-0.05, 0) is 38.0 Å². The molecule has 0 bridgehead atoms. The van der Waals surface area contributed by atoms with Gasteiger partial charge >= 0.3 is 6.03 Å². The van der Waals surface area contributed by atoms with Crippen LogP contribution in [0.15, 0.2) is 24.3 Å². The Kier molecular flexibility index (Phi) is 5.96. The van der Waals surface area contributed by atoms with Crippen LogP contribution in [0.5, 0.6) is 0 Å². The number of carbonyl (C=O) groups is 2. The van der Waals surface area contributed by atoms with E-state index < -0.39 is 0 Å². The van der Waals surface area contributed by atoms with Gasteiger partial charge in [0.1, 0.15) is 5.82 Å². The van der Waals surface area contributed by atoms with E-state index in [1.165, 1.54) is 12.1 Å². The summed E-state index contributed by atoms with van der Waals surface area (Å²) in [5.41, 5.74) is 0.953. The van der Waals surface area contributed by atoms with Gasteiger partial charge in [0.25, 0.3) is 0 Å². The molecule has 2 rings (SSSR count). The highest BCUT2D eigenvalue weighted by atomic mass is 19.1. The summed E-state index contributed by atoms with van der Waals surface area (Å²) in [5.74, 6) is -0.186. The Bertz CT molecular complexity index is 537. The molecule has 0 aromatic heterocycles. The van der Waals surface area contributed by atoms with E-state index in [2.05, 4.69) is 5.32 Å². The topological polar surface area (TPSA) is 52.7 Å². The molecule has 0 atom stereocenters. The maximum Gasteiger partial charge on any atom is 0.317 e. The lowest BCUT2D eigenvalue weighted by molar-refractivity contribution is -0.132. The number of piperazine rings is 1. The third kappa shape index (κ3) is 5.23. The van der Waals surface area contributed by atoms with E-state index in [1.54, 1.807) is 21.9 Å². The number of carbonyl (C=O) groups excluding carboxylic acids is 2. The molecule has 6 heteroatoms. The highest BCUT2D eigenvalue weighted by Crippen LogP contribution is 2.09. The van der Waals surface area contributed by atoms with Crippen LogP contribution in [0.4, 0.5) is 9.18 Å². The molecule has 0 unspecified atom stereocenters. The van der Waals surface area contributed by atoms with Crippen molar-refractivity contribution in [1.29, 1.82) is 0 Å². The van der Waals surface area contributed by atoms with Crippen molar-refractivity contribution in [2.24, 2.45) is 0 Å². The van der Waals surface area contributed by atoms with E-state index in [1.807, 2.05) is 13.8 Å². The van der Waals surface area contributed by atoms with Crippen LogP contribution >= 0.6 is 0 Å². The zero-order valence-electron chi connectivity index (χ0n) is 13.7. The molecule has 1 saturated heterocycles. The molecule has 126 valence electrons. The number of amides is 3. The molecule has 3 amide bonds. The van der Waals surface area contributed by atoms with Crippen molar-refractivity contribution in [3.63, 3.8) is 0 Å². The summed E-state index contributed by atoms with van der Waals surface area (Å²) in [6, 6.07) is 6.27. The van der Waals surface area contributed by atoms with Crippen LogP contribution in [0.1, 0.15) is 25.8 Å². The van der Waals surface area contributed by atoms with Crippen molar-refractivity contribution in [1.82, 2.24) is 15.1 Å². The SMILES string of the molecule is CC(C)NC(=O)N1CCN(C(=O)CCc2ccc(F)cc2)CC1. The number of hydrogen-bond acceptors (Lipinski definition) is 2. The lowest BCUT2D eigenvalue weighted by Crippen LogP contribution is -2.54. The normalized spacial score (nSPS) is 15.0. The van der Waals surface area contributed by atoms with Gasteiger partial charge in [0.2, 0.25) is 5.91 Å². The first-order valence-electron chi connectivity index (χ1n) is 8.03. The fraction of sp³-hybridized carbons (Fsp3) is 0.529. The van der Waals surface area contributed by atoms with Crippen molar-refractivity contribution in [2.75, 3.05) is 26.2 Å². The minimum Gasteiger partial charge on any atom is -0.339 e. The van der Waals surface area contributed by atoms with Gasteiger partial charge in [-0.2, -0.15) is 0 Å². The van der Waals surface area contributed by atoms with Gasteiger partial charge in [-0.1, -0.05) is 12.1 Å². The van der Waals surface area contributed by atoms with Crippen LogP contribution in [0, 0.1) is 5.82 Å². The van der Waals surface area contributed by atoms with E-state index in [4.69, 9.17) is 0 Å². The summed E-state index contributed by atoms with van der Waals surface area (Å²) < 4.78 is 12.8. The Labute approximate surface area is 136 Å². The monoisotopic (exact) mass is 321 g/mol. The van der Waals surface area contributed by atoms with Gasteiger partial charge < -0.3 is 15.1 Å². The van der Waals surface area contributed by atoms with Crippen LogP contribution in [0.2, 0.25) is 0 Å². The second-order valence-electron chi connectivity index (χ2n) is 6.10. The summed E-state index contributed by atoms with van der Waals surface area (Å²) >= 11 is 0. The number of nitrogens with one attached hydrogen (secondary N) is 1. The van der Waals surface area contributed by atoms with Crippen LogP contribution in [-0.4, -0.2) is 54.0 Å². The minimum atomic E-state index is -0.268. The van der Waals surface area contributed by atoms with E-state index in [0.717, 1.165) is 5.56 Å². The predicted molar refractivity (Wildman–Crippen MR) is 86.5 cm³/mol. The van der Waals surface area contributed by atoms with Gasteiger partial charge in [0, 0.05) is 38.6 Å². The van der Waals surface area contributed by atoms with Crippen molar-refractivity contribution in [3.05, 3.63) is 35.6 Å². The van der Waals surface area contributed by atoms with Gasteiger partial charge in [-0.3, -0.25) is 4.79 Å². The fourth-order valence-electron chi connectivity index (χ4n) is 2.56. The highest BCUT2D eigenvalue weighted by Gasteiger charge is 2.24. The summed E-state index contributed by atoms with van der Waals surface area (Å²) in [5, 5.41) is 2.86. The summed E-state index contributed by atoms with van der Waals surface area (Å²) in [6.07, 6.45) is 1.01. The number of rotatable bonds is 4. The molecule has 0 aliphatic carbocycles. The van der Waals surface area contributed by atoms with E-state index in [0.29, 0.717) is 39.0 Å². The molecule has 0 radical (unpaired) electrons. The zero-order valence-corrected chi connectivity index (χ0v) is 13.7. The molecule has 1 aromatic rings. The Morgan fingerprint density at radius 3 is 2.22 bits per heavy atom. The van der Waals surface area contributed by atoms with Crippen LogP contribution < -0.4 is 5.32 Å². The quantitative estimate of drug-likeness (QED) is 0.922. The largest absolute Gasteiger partial charge is 0.339 e. The smallest absolute Gasteiger partial charge is 0.317 e. The molecule has 1 fully saturated rings. The number of halogens is 1. The molecule has 1 aliphatic heterocycles. The maximum absolute atomic E-state index is 12.8.